The van der Waals surface area contributed by atoms with Gasteiger partial charge in [-0.15, -0.1) is 11.3 Å². The zero-order valence-corrected chi connectivity index (χ0v) is 14.2. The van der Waals surface area contributed by atoms with Crippen LogP contribution >= 0.6 is 50.5 Å². The molecule has 0 bridgehead atoms. The SMILES string of the molecule is Cc1cc2c(Nc3ccc(Br)cc3Cl)nc(Cl)nc2s1. The number of thiophene rings is 1. The standard InChI is InChI=1S/C13H8BrCl2N3S/c1-6-4-8-11(18-13(16)19-12(8)20-6)17-10-3-2-7(14)5-9(10)15/h2-5H,1H3,(H,17,18,19). The largest absolute Gasteiger partial charge is 0.338 e. The summed E-state index contributed by atoms with van der Waals surface area (Å²) in [6, 6.07) is 7.65. The lowest BCUT2D eigenvalue weighted by atomic mass is 10.3. The minimum atomic E-state index is 0.218. The fourth-order valence-electron chi connectivity index (χ4n) is 1.83. The second kappa shape index (κ2) is 5.48. The van der Waals surface area contributed by atoms with Crippen LogP contribution in [-0.4, -0.2) is 9.97 Å². The molecule has 0 saturated heterocycles. The van der Waals surface area contributed by atoms with E-state index < -0.39 is 0 Å². The van der Waals surface area contributed by atoms with Gasteiger partial charge in [-0.05, 0) is 42.8 Å². The van der Waals surface area contributed by atoms with Crippen molar-refractivity contribution >= 4 is 72.2 Å². The first kappa shape index (κ1) is 14.1. The number of rotatable bonds is 2. The van der Waals surface area contributed by atoms with Crippen molar-refractivity contribution in [3.05, 3.63) is 43.9 Å². The first-order chi connectivity index (χ1) is 9.52. The molecular weight excluding hydrogens is 381 g/mol. The van der Waals surface area contributed by atoms with Gasteiger partial charge in [-0.3, -0.25) is 0 Å². The van der Waals surface area contributed by atoms with Crippen molar-refractivity contribution in [3.63, 3.8) is 0 Å². The minimum absolute atomic E-state index is 0.218. The van der Waals surface area contributed by atoms with Gasteiger partial charge in [0.25, 0.3) is 0 Å². The molecule has 0 aliphatic carbocycles. The lowest BCUT2D eigenvalue weighted by molar-refractivity contribution is 1.23. The Morgan fingerprint density at radius 2 is 2.00 bits per heavy atom. The first-order valence-corrected chi connectivity index (χ1v) is 8.05. The van der Waals surface area contributed by atoms with E-state index >= 15 is 0 Å². The number of anilines is 2. The smallest absolute Gasteiger partial charge is 0.225 e. The molecule has 20 heavy (non-hydrogen) atoms. The van der Waals surface area contributed by atoms with E-state index in [9.17, 15) is 0 Å². The minimum Gasteiger partial charge on any atom is -0.338 e. The molecule has 2 aromatic heterocycles. The molecular formula is C13H8BrCl2N3S. The van der Waals surface area contributed by atoms with Crippen LogP contribution in [-0.2, 0) is 0 Å². The molecule has 2 heterocycles. The number of nitrogens with one attached hydrogen (secondary N) is 1. The molecule has 3 aromatic rings. The normalized spacial score (nSPS) is 11.0. The first-order valence-electron chi connectivity index (χ1n) is 5.69. The topological polar surface area (TPSA) is 37.8 Å². The zero-order chi connectivity index (χ0) is 14.3. The lowest BCUT2D eigenvalue weighted by Crippen LogP contribution is -1.96. The highest BCUT2D eigenvalue weighted by Gasteiger charge is 2.11. The third-order valence-corrected chi connectivity index (χ3v) is 4.59. The van der Waals surface area contributed by atoms with E-state index in [2.05, 4.69) is 31.2 Å². The number of nitrogens with zero attached hydrogens (tertiary/aromatic N) is 2. The van der Waals surface area contributed by atoms with Crippen molar-refractivity contribution in [1.29, 1.82) is 0 Å². The van der Waals surface area contributed by atoms with Gasteiger partial charge >= 0.3 is 0 Å². The maximum absolute atomic E-state index is 6.21. The molecule has 1 N–H and O–H groups in total. The van der Waals surface area contributed by atoms with Crippen molar-refractivity contribution in [2.24, 2.45) is 0 Å². The van der Waals surface area contributed by atoms with Crippen molar-refractivity contribution in [1.82, 2.24) is 9.97 Å². The lowest BCUT2D eigenvalue weighted by Gasteiger charge is -2.09. The maximum Gasteiger partial charge on any atom is 0.225 e. The van der Waals surface area contributed by atoms with Crippen LogP contribution in [0, 0.1) is 6.92 Å². The fraction of sp³-hybridized carbons (Fsp3) is 0.0769. The Hall–Kier alpha value is -0.880. The molecule has 102 valence electrons. The van der Waals surface area contributed by atoms with Gasteiger partial charge in [0.2, 0.25) is 5.28 Å². The van der Waals surface area contributed by atoms with Crippen molar-refractivity contribution in [3.8, 4) is 0 Å². The average Bonchev–Trinajstić information content (AvgIpc) is 2.73. The van der Waals surface area contributed by atoms with Crippen LogP contribution in [0.5, 0.6) is 0 Å². The molecule has 0 atom stereocenters. The van der Waals surface area contributed by atoms with E-state index in [4.69, 9.17) is 23.2 Å². The van der Waals surface area contributed by atoms with Gasteiger partial charge in [0.05, 0.1) is 16.1 Å². The van der Waals surface area contributed by atoms with Gasteiger partial charge in [0.1, 0.15) is 10.6 Å². The van der Waals surface area contributed by atoms with Crippen molar-refractivity contribution in [2.45, 2.75) is 6.92 Å². The van der Waals surface area contributed by atoms with Crippen LogP contribution in [0.2, 0.25) is 10.3 Å². The molecule has 0 radical (unpaired) electrons. The summed E-state index contributed by atoms with van der Waals surface area (Å²) >= 11 is 17.1. The van der Waals surface area contributed by atoms with E-state index in [0.717, 1.165) is 25.3 Å². The Balaban J connectivity index is 2.10. The van der Waals surface area contributed by atoms with Crippen LogP contribution in [0.1, 0.15) is 4.88 Å². The third kappa shape index (κ3) is 2.76. The molecule has 0 saturated carbocycles. The number of halogens is 3. The Kier molecular flexibility index (Phi) is 3.86. The van der Waals surface area contributed by atoms with Crippen LogP contribution in [0.15, 0.2) is 28.7 Å². The Bertz CT molecular complexity index is 804. The number of benzene rings is 1. The van der Waals surface area contributed by atoms with E-state index in [-0.39, 0.29) is 5.28 Å². The van der Waals surface area contributed by atoms with Crippen molar-refractivity contribution in [2.75, 3.05) is 5.32 Å². The summed E-state index contributed by atoms with van der Waals surface area (Å²) in [4.78, 5) is 10.5. The summed E-state index contributed by atoms with van der Waals surface area (Å²) in [5.74, 6) is 0.661. The summed E-state index contributed by atoms with van der Waals surface area (Å²) in [5.41, 5.74) is 0.773. The number of hydrogen-bond donors (Lipinski definition) is 1. The highest BCUT2D eigenvalue weighted by molar-refractivity contribution is 9.10. The van der Waals surface area contributed by atoms with Crippen LogP contribution in [0.3, 0.4) is 0 Å². The third-order valence-electron chi connectivity index (χ3n) is 2.67. The van der Waals surface area contributed by atoms with Crippen LogP contribution in [0.4, 0.5) is 11.5 Å². The predicted molar refractivity (Wildman–Crippen MR) is 89.6 cm³/mol. The molecule has 1 aromatic carbocycles. The molecule has 0 spiro atoms. The quantitative estimate of drug-likeness (QED) is 0.562. The van der Waals surface area contributed by atoms with Gasteiger partial charge in [0, 0.05) is 9.35 Å². The molecule has 0 aliphatic heterocycles. The van der Waals surface area contributed by atoms with E-state index in [1.807, 2.05) is 31.2 Å². The Morgan fingerprint density at radius 3 is 2.75 bits per heavy atom. The summed E-state index contributed by atoms with van der Waals surface area (Å²) in [6.07, 6.45) is 0. The second-order valence-electron chi connectivity index (χ2n) is 4.17. The summed E-state index contributed by atoms with van der Waals surface area (Å²) in [7, 11) is 0. The predicted octanol–water partition coefficient (Wildman–Crippen LogP) is 5.81. The highest BCUT2D eigenvalue weighted by Crippen LogP contribution is 2.33. The van der Waals surface area contributed by atoms with Crippen LogP contribution in [0.25, 0.3) is 10.2 Å². The number of fused-ring (bicyclic) bond motifs is 1. The van der Waals surface area contributed by atoms with Gasteiger partial charge < -0.3 is 5.32 Å². The summed E-state index contributed by atoms with van der Waals surface area (Å²) in [6.45, 7) is 2.02. The Labute approximate surface area is 138 Å². The summed E-state index contributed by atoms with van der Waals surface area (Å²) in [5, 5.41) is 4.98. The number of aromatic nitrogens is 2. The van der Waals surface area contributed by atoms with Gasteiger partial charge in [0.15, 0.2) is 0 Å². The fourth-order valence-corrected chi connectivity index (χ4v) is 3.65. The molecule has 3 nitrogen and oxygen atoms in total. The highest BCUT2D eigenvalue weighted by atomic mass is 79.9. The van der Waals surface area contributed by atoms with E-state index in [0.29, 0.717) is 10.8 Å². The Morgan fingerprint density at radius 1 is 1.20 bits per heavy atom. The molecule has 0 amide bonds. The molecule has 0 fully saturated rings. The molecule has 7 heteroatoms. The molecule has 3 rings (SSSR count). The van der Waals surface area contributed by atoms with Gasteiger partial charge in [-0.25, -0.2) is 4.98 Å². The molecule has 0 aliphatic rings. The number of aryl methyl sites for hydroxylation is 1. The zero-order valence-electron chi connectivity index (χ0n) is 10.2. The number of hydrogen-bond acceptors (Lipinski definition) is 4. The van der Waals surface area contributed by atoms with Crippen LogP contribution < -0.4 is 5.32 Å². The van der Waals surface area contributed by atoms with Crippen molar-refractivity contribution < 1.29 is 0 Å². The van der Waals surface area contributed by atoms with Gasteiger partial charge in [-0.2, -0.15) is 4.98 Å². The summed E-state index contributed by atoms with van der Waals surface area (Å²) < 4.78 is 0.922. The second-order valence-corrected chi connectivity index (χ2v) is 7.06. The van der Waals surface area contributed by atoms with Gasteiger partial charge in [-0.1, -0.05) is 27.5 Å². The molecule has 0 unspecified atom stereocenters. The monoisotopic (exact) mass is 387 g/mol. The maximum atomic E-state index is 6.21. The average molecular weight is 389 g/mol. The van der Waals surface area contributed by atoms with E-state index in [1.165, 1.54) is 0 Å². The van der Waals surface area contributed by atoms with E-state index in [1.54, 1.807) is 11.3 Å².